The maximum Gasteiger partial charge on any atom is 0.340 e. The van der Waals surface area contributed by atoms with E-state index in [2.05, 4.69) is 10.3 Å². The lowest BCUT2D eigenvalue weighted by atomic mass is 10.0. The molecule has 0 aliphatic heterocycles. The number of fused-ring (bicyclic) bond motifs is 2. The zero-order chi connectivity index (χ0) is 23.5. The Bertz CT molecular complexity index is 1400. The SMILES string of the molecule is COC(=O)c1c(COC(=O)CNC(=O)c2sc3ccccc3c2Cl)nc2ccccc2c1C. The van der Waals surface area contributed by atoms with Crippen molar-refractivity contribution in [1.82, 2.24) is 10.3 Å². The summed E-state index contributed by atoms with van der Waals surface area (Å²) in [6.07, 6.45) is 0. The number of para-hydroxylation sites is 1. The van der Waals surface area contributed by atoms with Crippen LogP contribution in [-0.2, 0) is 20.9 Å². The van der Waals surface area contributed by atoms with E-state index in [1.54, 1.807) is 6.92 Å². The van der Waals surface area contributed by atoms with Crippen molar-refractivity contribution in [2.75, 3.05) is 13.7 Å². The minimum atomic E-state index is -0.677. The number of aromatic nitrogens is 1. The molecule has 0 fully saturated rings. The first-order valence-electron chi connectivity index (χ1n) is 9.98. The largest absolute Gasteiger partial charge is 0.465 e. The highest BCUT2D eigenvalue weighted by molar-refractivity contribution is 7.21. The standard InChI is InChI=1S/C24H19ClN2O5S/c1-13-14-7-3-5-9-16(14)27-17(20(13)24(30)31-2)12-32-19(28)11-26-23(29)22-21(25)15-8-4-6-10-18(15)33-22/h3-10H,11-12H2,1-2H3,(H,26,29). The minimum Gasteiger partial charge on any atom is -0.465 e. The molecule has 0 bridgehead atoms. The van der Waals surface area contributed by atoms with Gasteiger partial charge in [0.05, 0.1) is 28.9 Å². The number of methoxy groups -OCH3 is 1. The molecule has 0 atom stereocenters. The molecule has 7 nitrogen and oxygen atoms in total. The predicted molar refractivity (Wildman–Crippen MR) is 127 cm³/mol. The van der Waals surface area contributed by atoms with Crippen molar-refractivity contribution in [3.8, 4) is 0 Å². The second kappa shape index (κ2) is 9.56. The van der Waals surface area contributed by atoms with Crippen LogP contribution >= 0.6 is 22.9 Å². The summed E-state index contributed by atoms with van der Waals surface area (Å²) in [5, 5.41) is 4.46. The summed E-state index contributed by atoms with van der Waals surface area (Å²) in [6.45, 7) is 1.19. The number of rotatable bonds is 6. The van der Waals surface area contributed by atoms with E-state index in [4.69, 9.17) is 21.1 Å². The number of thiophene rings is 1. The number of esters is 2. The van der Waals surface area contributed by atoms with Gasteiger partial charge in [0.15, 0.2) is 0 Å². The van der Waals surface area contributed by atoms with Gasteiger partial charge >= 0.3 is 11.9 Å². The van der Waals surface area contributed by atoms with Crippen LogP contribution in [0.1, 0.15) is 31.3 Å². The third kappa shape index (κ3) is 4.53. The van der Waals surface area contributed by atoms with Gasteiger partial charge in [0, 0.05) is 15.5 Å². The van der Waals surface area contributed by atoms with Crippen LogP contribution in [0.4, 0.5) is 0 Å². The summed E-state index contributed by atoms with van der Waals surface area (Å²) in [5.41, 5.74) is 1.89. The van der Waals surface area contributed by atoms with Crippen LogP contribution in [0.5, 0.6) is 0 Å². The lowest BCUT2D eigenvalue weighted by molar-refractivity contribution is -0.143. The van der Waals surface area contributed by atoms with Crippen molar-refractivity contribution in [3.63, 3.8) is 0 Å². The fraction of sp³-hybridized carbons (Fsp3) is 0.167. The lowest BCUT2D eigenvalue weighted by Gasteiger charge is -2.13. The topological polar surface area (TPSA) is 94.6 Å². The quantitative estimate of drug-likeness (QED) is 0.401. The van der Waals surface area contributed by atoms with Gasteiger partial charge in [-0.1, -0.05) is 48.0 Å². The maximum absolute atomic E-state index is 12.5. The molecule has 4 aromatic rings. The lowest BCUT2D eigenvalue weighted by Crippen LogP contribution is -2.30. The zero-order valence-electron chi connectivity index (χ0n) is 17.8. The fourth-order valence-electron chi connectivity index (χ4n) is 3.51. The molecule has 0 aliphatic rings. The van der Waals surface area contributed by atoms with Crippen molar-refractivity contribution in [3.05, 3.63) is 75.3 Å². The third-order valence-corrected chi connectivity index (χ3v) is 6.80. The molecule has 1 amide bonds. The number of ether oxygens (including phenoxy) is 2. The van der Waals surface area contributed by atoms with Crippen LogP contribution in [0.25, 0.3) is 21.0 Å². The Morgan fingerprint density at radius 1 is 1.06 bits per heavy atom. The molecule has 0 saturated heterocycles. The van der Waals surface area contributed by atoms with Gasteiger partial charge in [-0.2, -0.15) is 0 Å². The molecule has 33 heavy (non-hydrogen) atoms. The van der Waals surface area contributed by atoms with Gasteiger partial charge in [0.1, 0.15) is 18.0 Å². The molecule has 0 aliphatic carbocycles. The van der Waals surface area contributed by atoms with Crippen LogP contribution in [0.2, 0.25) is 5.02 Å². The van der Waals surface area contributed by atoms with E-state index >= 15 is 0 Å². The number of hydrogen-bond donors (Lipinski definition) is 1. The maximum atomic E-state index is 12.5. The molecule has 0 saturated carbocycles. The van der Waals surface area contributed by atoms with Crippen LogP contribution < -0.4 is 5.32 Å². The fourth-order valence-corrected chi connectivity index (χ4v) is 4.94. The number of amides is 1. The van der Waals surface area contributed by atoms with Gasteiger partial charge < -0.3 is 14.8 Å². The Balaban J connectivity index is 1.46. The highest BCUT2D eigenvalue weighted by Gasteiger charge is 2.21. The second-order valence-electron chi connectivity index (χ2n) is 7.15. The van der Waals surface area contributed by atoms with E-state index in [0.29, 0.717) is 21.0 Å². The summed E-state index contributed by atoms with van der Waals surface area (Å²) in [5.74, 6) is -1.71. The number of carbonyl (C=O) groups excluding carboxylic acids is 3. The monoisotopic (exact) mass is 482 g/mol. The van der Waals surface area contributed by atoms with E-state index in [1.165, 1.54) is 18.4 Å². The number of hydrogen-bond acceptors (Lipinski definition) is 7. The molecule has 1 N–H and O–H groups in total. The number of carbonyl (C=O) groups is 3. The van der Waals surface area contributed by atoms with Gasteiger partial charge in [0.2, 0.25) is 0 Å². The summed E-state index contributed by atoms with van der Waals surface area (Å²) < 4.78 is 11.1. The summed E-state index contributed by atoms with van der Waals surface area (Å²) >= 11 is 7.56. The molecule has 0 unspecified atom stereocenters. The van der Waals surface area contributed by atoms with E-state index in [-0.39, 0.29) is 24.4 Å². The molecule has 2 aromatic carbocycles. The molecule has 4 rings (SSSR count). The minimum absolute atomic E-state index is 0.242. The van der Waals surface area contributed by atoms with Crippen LogP contribution in [0.3, 0.4) is 0 Å². The average molecular weight is 483 g/mol. The van der Waals surface area contributed by atoms with Crippen molar-refractivity contribution in [2.45, 2.75) is 13.5 Å². The van der Waals surface area contributed by atoms with Crippen molar-refractivity contribution in [1.29, 1.82) is 0 Å². The van der Waals surface area contributed by atoms with Crippen molar-refractivity contribution in [2.24, 2.45) is 0 Å². The summed E-state index contributed by atoms with van der Waals surface area (Å²) in [7, 11) is 1.28. The summed E-state index contributed by atoms with van der Waals surface area (Å²) in [4.78, 5) is 42.0. The molecule has 168 valence electrons. The smallest absolute Gasteiger partial charge is 0.340 e. The van der Waals surface area contributed by atoms with E-state index in [0.717, 1.165) is 15.5 Å². The normalized spacial score (nSPS) is 10.9. The highest BCUT2D eigenvalue weighted by atomic mass is 35.5. The van der Waals surface area contributed by atoms with E-state index < -0.39 is 17.8 Å². The zero-order valence-corrected chi connectivity index (χ0v) is 19.4. The average Bonchev–Trinajstić information content (AvgIpc) is 3.17. The Labute approximate surface area is 198 Å². The molecule has 2 aromatic heterocycles. The number of pyridine rings is 1. The third-order valence-electron chi connectivity index (χ3n) is 5.12. The van der Waals surface area contributed by atoms with Crippen LogP contribution in [-0.4, -0.2) is 36.5 Å². The number of nitrogens with one attached hydrogen (secondary N) is 1. The number of nitrogens with zero attached hydrogens (tertiary/aromatic N) is 1. The van der Waals surface area contributed by atoms with Gasteiger partial charge in [-0.3, -0.25) is 9.59 Å². The van der Waals surface area contributed by atoms with Crippen molar-refractivity contribution >= 4 is 61.8 Å². The Kier molecular flexibility index (Phi) is 6.57. The molecule has 2 heterocycles. The van der Waals surface area contributed by atoms with E-state index in [9.17, 15) is 14.4 Å². The molecular weight excluding hydrogens is 464 g/mol. The van der Waals surface area contributed by atoms with Crippen LogP contribution in [0.15, 0.2) is 48.5 Å². The van der Waals surface area contributed by atoms with Gasteiger partial charge in [0.25, 0.3) is 5.91 Å². The highest BCUT2D eigenvalue weighted by Crippen LogP contribution is 2.35. The van der Waals surface area contributed by atoms with Gasteiger partial charge in [-0.25, -0.2) is 9.78 Å². The van der Waals surface area contributed by atoms with Crippen molar-refractivity contribution < 1.29 is 23.9 Å². The number of benzene rings is 2. The first kappa shape index (κ1) is 22.7. The Hall–Kier alpha value is -3.49. The first-order chi connectivity index (χ1) is 15.9. The van der Waals surface area contributed by atoms with Crippen LogP contribution in [0, 0.1) is 6.92 Å². The summed E-state index contributed by atoms with van der Waals surface area (Å²) in [6, 6.07) is 14.7. The van der Waals surface area contributed by atoms with Gasteiger partial charge in [-0.15, -0.1) is 11.3 Å². The Morgan fingerprint density at radius 3 is 2.48 bits per heavy atom. The molecule has 0 spiro atoms. The second-order valence-corrected chi connectivity index (χ2v) is 8.58. The predicted octanol–water partition coefficient (Wildman–Crippen LogP) is 4.67. The van der Waals surface area contributed by atoms with Gasteiger partial charge in [-0.05, 0) is 24.6 Å². The number of halogens is 1. The Morgan fingerprint density at radius 2 is 1.76 bits per heavy atom. The first-order valence-corrected chi connectivity index (χ1v) is 11.2. The molecular formula is C24H19ClN2O5S. The van der Waals surface area contributed by atoms with E-state index in [1.807, 2.05) is 48.5 Å². The molecule has 9 heteroatoms. The number of aryl methyl sites for hydroxylation is 1. The molecule has 0 radical (unpaired) electrons.